The Morgan fingerprint density at radius 2 is 0.750 bits per heavy atom. The molecule has 0 aliphatic heterocycles. The second-order valence-electron chi connectivity index (χ2n) is 9.71. The lowest BCUT2D eigenvalue weighted by molar-refractivity contribution is 0.111. The van der Waals surface area contributed by atoms with Crippen molar-refractivity contribution in [2.75, 3.05) is 0 Å². The van der Waals surface area contributed by atoms with Crippen LogP contribution in [-0.4, -0.2) is 21.7 Å². The number of aromatic nitrogens is 2. The average Bonchev–Trinajstić information content (AvgIpc) is 3.55. The number of nitrogens with zero attached hydrogens (tertiary/aromatic N) is 2. The third kappa shape index (κ3) is 3.62. The van der Waals surface area contributed by atoms with Crippen molar-refractivity contribution in [2.45, 2.75) is 0 Å². The molecule has 0 fully saturated rings. The molecule has 0 unspecified atom stereocenters. The molecular formula is C36H24N2O2. The maximum atomic E-state index is 12.5. The first-order valence-electron chi connectivity index (χ1n) is 13.2. The van der Waals surface area contributed by atoms with Crippen LogP contribution >= 0.6 is 0 Å². The highest BCUT2D eigenvalue weighted by molar-refractivity contribution is 6.07. The number of hydrogen-bond donors (Lipinski definition) is 0. The summed E-state index contributed by atoms with van der Waals surface area (Å²) in [6, 6.07) is 44.3. The van der Waals surface area contributed by atoms with Crippen LogP contribution in [0.15, 0.2) is 133 Å². The molecular weight excluding hydrogens is 492 g/mol. The van der Waals surface area contributed by atoms with Crippen molar-refractivity contribution < 1.29 is 9.59 Å². The van der Waals surface area contributed by atoms with Crippen LogP contribution in [0.2, 0.25) is 0 Å². The first-order valence-corrected chi connectivity index (χ1v) is 13.2. The molecule has 0 radical (unpaired) electrons. The summed E-state index contributed by atoms with van der Waals surface area (Å²) < 4.78 is 4.29. The predicted molar refractivity (Wildman–Crippen MR) is 162 cm³/mol. The van der Waals surface area contributed by atoms with E-state index in [0.717, 1.165) is 68.3 Å². The van der Waals surface area contributed by atoms with Crippen LogP contribution in [0.5, 0.6) is 0 Å². The Kier molecular flexibility index (Phi) is 5.72. The van der Waals surface area contributed by atoms with Gasteiger partial charge in [0.25, 0.3) is 0 Å². The Bertz CT molecular complexity index is 1870. The van der Waals surface area contributed by atoms with Gasteiger partial charge in [0.2, 0.25) is 0 Å². The Morgan fingerprint density at radius 1 is 0.400 bits per heavy atom. The second kappa shape index (κ2) is 9.68. The van der Waals surface area contributed by atoms with E-state index in [9.17, 15) is 9.59 Å². The van der Waals surface area contributed by atoms with E-state index in [0.29, 0.717) is 11.1 Å². The van der Waals surface area contributed by atoms with Crippen molar-refractivity contribution in [3.8, 4) is 33.9 Å². The van der Waals surface area contributed by atoms with E-state index in [-0.39, 0.29) is 0 Å². The Morgan fingerprint density at radius 3 is 1.12 bits per heavy atom. The molecule has 4 heteroatoms. The van der Waals surface area contributed by atoms with E-state index in [1.54, 1.807) is 0 Å². The summed E-state index contributed by atoms with van der Waals surface area (Å²) in [4.78, 5) is 25.0. The van der Waals surface area contributed by atoms with Gasteiger partial charge in [-0.1, -0.05) is 97.1 Å². The van der Waals surface area contributed by atoms with Crippen molar-refractivity contribution in [1.82, 2.24) is 9.13 Å². The molecule has 40 heavy (non-hydrogen) atoms. The van der Waals surface area contributed by atoms with Gasteiger partial charge in [0.1, 0.15) is 0 Å². The normalized spacial score (nSPS) is 11.2. The summed E-state index contributed by atoms with van der Waals surface area (Å²) in [6.45, 7) is 0. The zero-order valence-corrected chi connectivity index (χ0v) is 21.6. The summed E-state index contributed by atoms with van der Waals surface area (Å²) in [6.07, 6.45) is 1.89. The van der Waals surface area contributed by atoms with E-state index in [4.69, 9.17) is 0 Å². The van der Waals surface area contributed by atoms with Crippen LogP contribution < -0.4 is 0 Å². The van der Waals surface area contributed by atoms with Crippen molar-refractivity contribution in [1.29, 1.82) is 0 Å². The zero-order chi connectivity index (χ0) is 27.1. The van der Waals surface area contributed by atoms with Crippen LogP contribution in [0.4, 0.5) is 0 Å². The Balaban J connectivity index is 1.47. The van der Waals surface area contributed by atoms with Crippen LogP contribution in [0.1, 0.15) is 20.7 Å². The highest BCUT2D eigenvalue weighted by atomic mass is 16.1. The maximum absolute atomic E-state index is 12.5. The largest absolute Gasteiger partial charge is 0.309 e. The third-order valence-electron chi connectivity index (χ3n) is 7.52. The minimum atomic E-state index is 0.652. The van der Waals surface area contributed by atoms with Gasteiger partial charge in [-0.25, -0.2) is 0 Å². The predicted octanol–water partition coefficient (Wildman–Crippen LogP) is 8.53. The summed E-state index contributed by atoms with van der Waals surface area (Å²) in [5.41, 5.74) is 8.74. The number of benzene rings is 5. The molecule has 2 heterocycles. The molecule has 5 aromatic carbocycles. The van der Waals surface area contributed by atoms with Gasteiger partial charge >= 0.3 is 0 Å². The van der Waals surface area contributed by atoms with Gasteiger partial charge in [0.05, 0.1) is 22.4 Å². The minimum absolute atomic E-state index is 0.652. The lowest BCUT2D eigenvalue weighted by Gasteiger charge is -2.14. The summed E-state index contributed by atoms with van der Waals surface area (Å²) in [5.74, 6) is 0. The maximum Gasteiger partial charge on any atom is 0.152 e. The molecule has 0 saturated carbocycles. The average molecular weight is 517 g/mol. The fourth-order valence-corrected chi connectivity index (χ4v) is 5.81. The van der Waals surface area contributed by atoms with E-state index >= 15 is 0 Å². The number of rotatable bonds is 6. The van der Waals surface area contributed by atoms with Gasteiger partial charge in [-0.05, 0) is 47.5 Å². The number of fused-ring (bicyclic) bond motifs is 2. The summed E-state index contributed by atoms with van der Waals surface area (Å²) in [7, 11) is 0. The molecule has 0 atom stereocenters. The Labute approximate surface area is 231 Å². The lowest BCUT2D eigenvalue weighted by atomic mass is 10.0. The van der Waals surface area contributed by atoms with Crippen LogP contribution in [-0.2, 0) is 0 Å². The Hall–Kier alpha value is -5.48. The second-order valence-corrected chi connectivity index (χ2v) is 9.71. The van der Waals surface area contributed by atoms with Crippen LogP contribution in [0.25, 0.3) is 55.7 Å². The molecule has 0 N–H and O–H groups in total. The number of hydrogen-bond acceptors (Lipinski definition) is 2. The van der Waals surface area contributed by atoms with Crippen molar-refractivity contribution in [2.24, 2.45) is 0 Å². The fraction of sp³-hybridized carbons (Fsp3) is 0. The number of aldehydes is 2. The molecule has 190 valence electrons. The SMILES string of the molecule is O=Cc1c(-c2ccc(-c3c(C=O)c4ccccc4n3-c3ccccc3)cc2)n(-c2ccccc2)c2ccccc12. The van der Waals surface area contributed by atoms with E-state index in [1.165, 1.54) is 0 Å². The lowest BCUT2D eigenvalue weighted by Crippen LogP contribution is -1.99. The van der Waals surface area contributed by atoms with E-state index in [2.05, 4.69) is 9.13 Å². The molecule has 7 aromatic rings. The monoisotopic (exact) mass is 516 g/mol. The highest BCUT2D eigenvalue weighted by Gasteiger charge is 2.22. The molecule has 4 nitrogen and oxygen atoms in total. The van der Waals surface area contributed by atoms with Crippen molar-refractivity contribution in [3.05, 3.63) is 145 Å². The smallest absolute Gasteiger partial charge is 0.152 e. The van der Waals surface area contributed by atoms with Gasteiger partial charge in [-0.15, -0.1) is 0 Å². The quantitative estimate of drug-likeness (QED) is 0.208. The van der Waals surface area contributed by atoms with Gasteiger partial charge in [-0.2, -0.15) is 0 Å². The summed E-state index contributed by atoms with van der Waals surface area (Å²) in [5, 5.41) is 1.82. The first-order chi connectivity index (χ1) is 19.8. The number of carbonyl (C=O) groups is 2. The molecule has 0 aliphatic rings. The first kappa shape index (κ1) is 23.6. The summed E-state index contributed by atoms with van der Waals surface area (Å²) >= 11 is 0. The third-order valence-corrected chi connectivity index (χ3v) is 7.52. The standard InChI is InChI=1S/C36H24N2O2/c39-23-31-29-15-7-9-17-33(29)37(27-11-3-1-4-12-27)35(31)25-19-21-26(22-20-25)36-32(24-40)30-16-8-10-18-34(30)38(36)28-13-5-2-6-14-28/h1-24H. The highest BCUT2D eigenvalue weighted by Crippen LogP contribution is 2.39. The molecule has 0 spiro atoms. The van der Waals surface area contributed by atoms with Crippen LogP contribution in [0, 0.1) is 0 Å². The fourth-order valence-electron chi connectivity index (χ4n) is 5.81. The molecule has 7 rings (SSSR count). The van der Waals surface area contributed by atoms with Gasteiger partial charge < -0.3 is 9.13 Å². The zero-order valence-electron chi connectivity index (χ0n) is 21.6. The van der Waals surface area contributed by atoms with E-state index in [1.807, 2.05) is 133 Å². The van der Waals surface area contributed by atoms with Gasteiger partial charge in [0, 0.05) is 33.3 Å². The molecule has 2 aromatic heterocycles. The van der Waals surface area contributed by atoms with E-state index < -0.39 is 0 Å². The molecule has 0 bridgehead atoms. The molecule has 0 amide bonds. The van der Waals surface area contributed by atoms with Gasteiger partial charge in [-0.3, -0.25) is 9.59 Å². The molecule has 0 aliphatic carbocycles. The van der Waals surface area contributed by atoms with Crippen molar-refractivity contribution in [3.63, 3.8) is 0 Å². The molecule has 0 saturated heterocycles. The number of para-hydroxylation sites is 4. The van der Waals surface area contributed by atoms with Crippen molar-refractivity contribution >= 4 is 34.4 Å². The topological polar surface area (TPSA) is 44.0 Å². The van der Waals surface area contributed by atoms with Gasteiger partial charge in [0.15, 0.2) is 12.6 Å². The number of carbonyl (C=O) groups excluding carboxylic acids is 2. The van der Waals surface area contributed by atoms with Crippen LogP contribution in [0.3, 0.4) is 0 Å². The minimum Gasteiger partial charge on any atom is -0.309 e.